The highest BCUT2D eigenvalue weighted by Gasteiger charge is 2.49. The summed E-state index contributed by atoms with van der Waals surface area (Å²) in [6.07, 6.45) is 4.63. The second-order valence-corrected chi connectivity index (χ2v) is 9.16. The Morgan fingerprint density at radius 3 is 2.47 bits per heavy atom. The smallest absolute Gasteiger partial charge is 0.167 e. The van der Waals surface area contributed by atoms with E-state index in [0.29, 0.717) is 19.6 Å². The molecule has 0 bridgehead atoms. The van der Waals surface area contributed by atoms with E-state index in [0.717, 1.165) is 45.2 Å². The fraction of sp³-hybridized carbons (Fsp3) is 0.231. The molecule has 160 valence electrons. The van der Waals surface area contributed by atoms with Crippen LogP contribution in [0.25, 0.3) is 33.9 Å². The van der Waals surface area contributed by atoms with Gasteiger partial charge in [-0.05, 0) is 31.4 Å². The van der Waals surface area contributed by atoms with Gasteiger partial charge in [-0.2, -0.15) is 0 Å². The molecule has 0 unspecified atom stereocenters. The van der Waals surface area contributed by atoms with Crippen molar-refractivity contribution >= 4 is 0 Å². The third-order valence-corrected chi connectivity index (χ3v) is 6.52. The van der Waals surface area contributed by atoms with E-state index < -0.39 is 11.1 Å². The van der Waals surface area contributed by atoms with Crippen LogP contribution < -0.4 is 10.5 Å². The molecule has 6 rings (SSSR count). The minimum absolute atomic E-state index is 0.379. The lowest BCUT2D eigenvalue weighted by molar-refractivity contribution is -0.0738. The van der Waals surface area contributed by atoms with Gasteiger partial charge in [0.1, 0.15) is 5.82 Å². The lowest BCUT2D eigenvalue weighted by Gasteiger charge is -2.49. The van der Waals surface area contributed by atoms with Gasteiger partial charge in [-0.15, -0.1) is 0 Å². The number of benzene rings is 2. The molecule has 32 heavy (non-hydrogen) atoms. The molecule has 1 aliphatic carbocycles. The maximum absolute atomic E-state index is 10.2. The number of aromatic nitrogens is 3. The Kier molecular flexibility index (Phi) is 4.06. The quantitative estimate of drug-likeness (QED) is 0.511. The first-order valence-corrected chi connectivity index (χ1v) is 10.8. The molecule has 0 spiro atoms. The molecule has 2 aromatic carbocycles. The van der Waals surface area contributed by atoms with Crippen molar-refractivity contribution in [1.82, 2.24) is 14.5 Å². The molecular weight excluding hydrogens is 400 g/mol. The first kappa shape index (κ1) is 19.2. The number of fused-ring (bicyclic) bond motifs is 3. The summed E-state index contributed by atoms with van der Waals surface area (Å²) in [5.41, 5.74) is 11.4. The molecule has 1 aliphatic heterocycles. The Balaban J connectivity index is 1.48. The highest BCUT2D eigenvalue weighted by molar-refractivity contribution is 5.83. The molecule has 0 saturated heterocycles. The van der Waals surface area contributed by atoms with Gasteiger partial charge in [-0.1, -0.05) is 54.6 Å². The fourth-order valence-corrected chi connectivity index (χ4v) is 5.16. The van der Waals surface area contributed by atoms with Crippen LogP contribution in [-0.4, -0.2) is 25.2 Å². The van der Waals surface area contributed by atoms with Crippen LogP contribution in [0.3, 0.4) is 0 Å². The fourth-order valence-electron chi connectivity index (χ4n) is 5.16. The summed E-state index contributed by atoms with van der Waals surface area (Å²) in [4.78, 5) is 9.25. The number of nitrogens with zero attached hydrogens (tertiary/aromatic N) is 3. The predicted molar refractivity (Wildman–Crippen MR) is 123 cm³/mol. The minimum atomic E-state index is -0.681. The largest absolute Gasteiger partial charge is 0.470 e. The highest BCUT2D eigenvalue weighted by Crippen LogP contribution is 2.47. The molecule has 0 radical (unpaired) electrons. The van der Waals surface area contributed by atoms with Crippen molar-refractivity contribution in [2.45, 2.75) is 37.6 Å². The first-order chi connectivity index (χ1) is 15.4. The minimum Gasteiger partial charge on any atom is -0.470 e. The summed E-state index contributed by atoms with van der Waals surface area (Å²) in [6, 6.07) is 20.5. The van der Waals surface area contributed by atoms with E-state index in [-0.39, 0.29) is 0 Å². The van der Waals surface area contributed by atoms with Gasteiger partial charge in [0, 0.05) is 22.9 Å². The van der Waals surface area contributed by atoms with Gasteiger partial charge in [-0.3, -0.25) is 9.55 Å². The second-order valence-electron chi connectivity index (χ2n) is 9.16. The predicted octanol–water partition coefficient (Wildman–Crippen LogP) is 4.33. The summed E-state index contributed by atoms with van der Waals surface area (Å²) >= 11 is 0. The number of hydrogen-bond donors (Lipinski definition) is 2. The number of rotatable bonds is 3. The number of nitrogens with two attached hydrogens (primary N) is 1. The lowest BCUT2D eigenvalue weighted by atomic mass is 9.63. The Morgan fingerprint density at radius 1 is 1.00 bits per heavy atom. The molecule has 6 nitrogen and oxygen atoms in total. The van der Waals surface area contributed by atoms with Gasteiger partial charge >= 0.3 is 0 Å². The molecule has 1 fully saturated rings. The Hall–Kier alpha value is -3.48. The van der Waals surface area contributed by atoms with E-state index in [9.17, 15) is 5.11 Å². The molecule has 2 aromatic heterocycles. The van der Waals surface area contributed by atoms with E-state index >= 15 is 0 Å². The normalized spacial score (nSPS) is 23.6. The van der Waals surface area contributed by atoms with Gasteiger partial charge in [0.2, 0.25) is 0 Å². The zero-order chi connectivity index (χ0) is 21.9. The zero-order valence-corrected chi connectivity index (χ0v) is 17.8. The number of imidazole rings is 1. The average Bonchev–Trinajstić information content (AvgIpc) is 3.18. The zero-order valence-electron chi connectivity index (χ0n) is 17.8. The number of ether oxygens (including phenoxy) is 1. The monoisotopic (exact) mass is 424 g/mol. The summed E-state index contributed by atoms with van der Waals surface area (Å²) in [7, 11) is 0. The topological polar surface area (TPSA) is 86.2 Å². The number of pyridine rings is 1. The number of hydrogen-bond acceptors (Lipinski definition) is 5. The van der Waals surface area contributed by atoms with Crippen molar-refractivity contribution in [2.24, 2.45) is 5.73 Å². The molecule has 2 aliphatic rings. The average molecular weight is 425 g/mol. The summed E-state index contributed by atoms with van der Waals surface area (Å²) in [5, 5.41) is 10.2. The maximum atomic E-state index is 10.2. The summed E-state index contributed by atoms with van der Waals surface area (Å²) < 4.78 is 8.11. The van der Waals surface area contributed by atoms with E-state index in [2.05, 4.69) is 45.9 Å². The van der Waals surface area contributed by atoms with Crippen LogP contribution in [0, 0.1) is 0 Å². The van der Waals surface area contributed by atoms with Crippen LogP contribution in [0.1, 0.15) is 25.3 Å². The Bertz CT molecular complexity index is 1300. The second kappa shape index (κ2) is 6.76. The van der Waals surface area contributed by atoms with Gasteiger partial charge in [0.05, 0.1) is 28.7 Å². The maximum Gasteiger partial charge on any atom is 0.167 e. The van der Waals surface area contributed by atoms with E-state index in [1.165, 1.54) is 0 Å². The van der Waals surface area contributed by atoms with Crippen molar-refractivity contribution < 1.29 is 9.84 Å². The van der Waals surface area contributed by atoms with Crippen LogP contribution in [0.2, 0.25) is 0 Å². The van der Waals surface area contributed by atoms with Gasteiger partial charge in [0.15, 0.2) is 12.5 Å². The summed E-state index contributed by atoms with van der Waals surface area (Å²) in [5.74, 6) is 1.62. The Labute approximate surface area is 186 Å². The van der Waals surface area contributed by atoms with Crippen LogP contribution in [0.4, 0.5) is 0 Å². The molecule has 3 N–H and O–H groups in total. The van der Waals surface area contributed by atoms with E-state index in [1.807, 2.05) is 31.2 Å². The van der Waals surface area contributed by atoms with Gasteiger partial charge in [0.25, 0.3) is 0 Å². The molecule has 0 amide bonds. The molecule has 0 atom stereocenters. The van der Waals surface area contributed by atoms with Crippen LogP contribution in [0.5, 0.6) is 5.75 Å². The third kappa shape index (κ3) is 2.95. The van der Waals surface area contributed by atoms with Crippen molar-refractivity contribution in [1.29, 1.82) is 0 Å². The SMILES string of the molecule is CC1(O)CC(N)(c2ccc(-c3nc4n(c3-c3ccccc3)COc3cnccc3-4)cc2)C1. The van der Waals surface area contributed by atoms with Crippen LogP contribution >= 0.6 is 0 Å². The molecule has 4 aromatic rings. The highest BCUT2D eigenvalue weighted by atomic mass is 16.5. The van der Waals surface area contributed by atoms with E-state index in [1.54, 1.807) is 12.4 Å². The van der Waals surface area contributed by atoms with Gasteiger partial charge in [-0.25, -0.2) is 4.98 Å². The third-order valence-electron chi connectivity index (χ3n) is 6.52. The molecule has 3 heterocycles. The summed E-state index contributed by atoms with van der Waals surface area (Å²) in [6.45, 7) is 2.22. The van der Waals surface area contributed by atoms with Crippen molar-refractivity contribution in [3.8, 4) is 39.7 Å². The van der Waals surface area contributed by atoms with Crippen LogP contribution in [0.15, 0.2) is 73.1 Å². The molecular formula is C26H24N4O2. The van der Waals surface area contributed by atoms with Gasteiger partial charge < -0.3 is 15.6 Å². The van der Waals surface area contributed by atoms with Crippen molar-refractivity contribution in [3.63, 3.8) is 0 Å². The standard InChI is InChI=1S/C26H24N4O2/c1-25(31)14-26(27,15-25)19-9-7-17(8-10-19)22-23(18-5-3-2-4-6-18)30-16-32-21-13-28-12-11-20(21)24(30)29-22/h2-13,31H,14-16,27H2,1H3. The van der Waals surface area contributed by atoms with Crippen molar-refractivity contribution in [3.05, 3.63) is 78.6 Å². The van der Waals surface area contributed by atoms with Crippen molar-refractivity contribution in [2.75, 3.05) is 0 Å². The van der Waals surface area contributed by atoms with Crippen LogP contribution in [-0.2, 0) is 12.3 Å². The lowest BCUT2D eigenvalue weighted by Crippen LogP contribution is -2.58. The molecule has 1 saturated carbocycles. The van der Waals surface area contributed by atoms with E-state index in [4.69, 9.17) is 15.5 Å². The Morgan fingerprint density at radius 2 is 1.75 bits per heavy atom. The number of aliphatic hydroxyl groups is 1. The first-order valence-electron chi connectivity index (χ1n) is 10.8. The molecule has 6 heteroatoms.